The summed E-state index contributed by atoms with van der Waals surface area (Å²) in [6, 6.07) is 8.23. The van der Waals surface area contributed by atoms with Gasteiger partial charge in [-0.2, -0.15) is 5.10 Å². The van der Waals surface area contributed by atoms with Crippen LogP contribution < -0.4 is 14.8 Å². The molecule has 0 bridgehead atoms. The summed E-state index contributed by atoms with van der Waals surface area (Å²) in [4.78, 5) is 34.1. The summed E-state index contributed by atoms with van der Waals surface area (Å²) in [5, 5.41) is 18.7. The van der Waals surface area contributed by atoms with Gasteiger partial charge in [0.2, 0.25) is 11.7 Å². The average molecular weight is 461 g/mol. The molecule has 1 atom stereocenters. The number of hydrogen-bond donors (Lipinski definition) is 2. The molecule has 1 aliphatic heterocycles. The van der Waals surface area contributed by atoms with Crippen LogP contribution in [0.1, 0.15) is 28.3 Å². The van der Waals surface area contributed by atoms with E-state index in [1.165, 1.54) is 26.5 Å². The largest absolute Gasteiger partial charge is 0.493 e. The molecule has 3 rings (SSSR count). The number of nitrogens with zero attached hydrogens (tertiary/aromatic N) is 2. The molecular formula is C20H19N3O8S. The number of rotatable bonds is 9. The van der Waals surface area contributed by atoms with Gasteiger partial charge in [-0.25, -0.2) is 4.79 Å². The van der Waals surface area contributed by atoms with Crippen LogP contribution in [-0.4, -0.2) is 53.8 Å². The number of nitrogens with one attached hydrogen (secondary N) is 1. The summed E-state index contributed by atoms with van der Waals surface area (Å²) in [5.41, 5.74) is 0.532. The van der Waals surface area contributed by atoms with Crippen molar-refractivity contribution in [3.05, 3.63) is 47.4 Å². The fourth-order valence-electron chi connectivity index (χ4n) is 2.65. The predicted molar refractivity (Wildman–Crippen MR) is 114 cm³/mol. The molecule has 12 heteroatoms. The smallest absolute Gasteiger partial charge is 0.373 e. The summed E-state index contributed by atoms with van der Waals surface area (Å²) in [6.45, 7) is 0.00943. The minimum atomic E-state index is -1.07. The molecule has 11 nitrogen and oxygen atoms in total. The quantitative estimate of drug-likeness (QED) is 0.325. The Kier molecular flexibility index (Phi) is 7.49. The summed E-state index contributed by atoms with van der Waals surface area (Å²) in [6.07, 6.45) is 1.10. The molecule has 2 aromatic rings. The predicted octanol–water partition coefficient (Wildman–Crippen LogP) is 2.05. The van der Waals surface area contributed by atoms with E-state index in [2.05, 4.69) is 20.3 Å². The second kappa shape index (κ2) is 10.5. The van der Waals surface area contributed by atoms with E-state index in [9.17, 15) is 14.4 Å². The number of carbonyl (C=O) groups excluding carboxylic acids is 2. The van der Waals surface area contributed by atoms with Crippen LogP contribution in [-0.2, 0) is 20.9 Å². The highest BCUT2D eigenvalue weighted by Gasteiger charge is 2.32. The van der Waals surface area contributed by atoms with Gasteiger partial charge in [0.25, 0.3) is 0 Å². The van der Waals surface area contributed by atoms with Crippen LogP contribution in [0, 0.1) is 0 Å². The van der Waals surface area contributed by atoms with Gasteiger partial charge in [-0.3, -0.25) is 9.59 Å². The number of aliphatic carboxylic acids is 1. The SMILES string of the molecule is COC(=O)c1ccc(COc2c(C=NN=C3NC(=O)C(CC(=O)O)S3)cccc2OC)o1. The Labute approximate surface area is 186 Å². The normalized spacial score (nSPS) is 16.9. The van der Waals surface area contributed by atoms with E-state index in [0.717, 1.165) is 11.8 Å². The molecule has 2 heterocycles. The number of thioether (sulfide) groups is 1. The summed E-state index contributed by atoms with van der Waals surface area (Å²) in [7, 11) is 2.74. The van der Waals surface area contributed by atoms with Crippen molar-refractivity contribution >= 4 is 41.0 Å². The monoisotopic (exact) mass is 461 g/mol. The zero-order valence-corrected chi connectivity index (χ0v) is 17.9. The van der Waals surface area contributed by atoms with Crippen LogP contribution in [0.15, 0.2) is 45.0 Å². The van der Waals surface area contributed by atoms with Crippen molar-refractivity contribution in [3.63, 3.8) is 0 Å². The highest BCUT2D eigenvalue weighted by Crippen LogP contribution is 2.31. The van der Waals surface area contributed by atoms with Gasteiger partial charge in [-0.1, -0.05) is 17.8 Å². The molecule has 1 aliphatic rings. The van der Waals surface area contributed by atoms with Crippen molar-refractivity contribution in [2.75, 3.05) is 14.2 Å². The lowest BCUT2D eigenvalue weighted by Gasteiger charge is -2.12. The third kappa shape index (κ3) is 5.66. The first-order valence-corrected chi connectivity index (χ1v) is 10.1. The molecule has 0 saturated carbocycles. The Bertz CT molecular complexity index is 1080. The number of esters is 1. The molecular weight excluding hydrogens is 442 g/mol. The first-order chi connectivity index (χ1) is 15.4. The van der Waals surface area contributed by atoms with Crippen LogP contribution >= 0.6 is 11.8 Å². The first kappa shape index (κ1) is 22.9. The van der Waals surface area contributed by atoms with Crippen LogP contribution in [0.5, 0.6) is 11.5 Å². The molecule has 168 valence electrons. The standard InChI is InChI=1S/C20H19N3O8S/c1-28-13-5-3-4-11(9-21-23-20-22-18(26)15(32-20)8-16(24)25)17(13)30-10-12-6-7-14(31-12)19(27)29-2/h3-7,9,15H,8,10H2,1-2H3,(H,24,25)(H,22,23,26). The highest BCUT2D eigenvalue weighted by atomic mass is 32.2. The molecule has 1 saturated heterocycles. The Balaban J connectivity index is 1.72. The third-order valence-electron chi connectivity index (χ3n) is 4.12. The second-order valence-corrected chi connectivity index (χ2v) is 7.46. The fourth-order valence-corrected chi connectivity index (χ4v) is 3.56. The van der Waals surface area contributed by atoms with Crippen molar-refractivity contribution in [2.45, 2.75) is 18.3 Å². The van der Waals surface area contributed by atoms with E-state index in [0.29, 0.717) is 22.8 Å². The number of benzene rings is 1. The average Bonchev–Trinajstić information content (AvgIpc) is 3.38. The van der Waals surface area contributed by atoms with E-state index in [4.69, 9.17) is 19.0 Å². The number of furan rings is 1. The van der Waals surface area contributed by atoms with Gasteiger partial charge in [0.15, 0.2) is 16.7 Å². The summed E-state index contributed by atoms with van der Waals surface area (Å²) in [5.74, 6) is -0.844. The topological polar surface area (TPSA) is 149 Å². The highest BCUT2D eigenvalue weighted by molar-refractivity contribution is 8.15. The van der Waals surface area contributed by atoms with E-state index in [1.807, 2.05) is 0 Å². The number of carboxylic acids is 1. The third-order valence-corrected chi connectivity index (χ3v) is 5.19. The van der Waals surface area contributed by atoms with E-state index < -0.39 is 23.1 Å². The van der Waals surface area contributed by atoms with Crippen molar-refractivity contribution in [3.8, 4) is 11.5 Å². The van der Waals surface area contributed by atoms with E-state index in [-0.39, 0.29) is 24.0 Å². The van der Waals surface area contributed by atoms with Crippen molar-refractivity contribution in [2.24, 2.45) is 10.2 Å². The molecule has 0 radical (unpaired) electrons. The van der Waals surface area contributed by atoms with Crippen LogP contribution in [0.2, 0.25) is 0 Å². The number of para-hydroxylation sites is 1. The second-order valence-electron chi connectivity index (χ2n) is 6.27. The zero-order valence-electron chi connectivity index (χ0n) is 17.1. The van der Waals surface area contributed by atoms with Crippen molar-refractivity contribution < 1.29 is 38.1 Å². The lowest BCUT2D eigenvalue weighted by molar-refractivity contribution is -0.138. The molecule has 0 spiro atoms. The maximum Gasteiger partial charge on any atom is 0.373 e. The maximum absolute atomic E-state index is 11.8. The van der Waals surface area contributed by atoms with Gasteiger partial charge in [-0.15, -0.1) is 5.10 Å². The number of methoxy groups -OCH3 is 2. The molecule has 2 N–H and O–H groups in total. The van der Waals surface area contributed by atoms with Crippen LogP contribution in [0.4, 0.5) is 0 Å². The molecule has 1 aromatic carbocycles. The summed E-state index contributed by atoms with van der Waals surface area (Å²) < 4.78 is 21.2. The maximum atomic E-state index is 11.8. The van der Waals surface area contributed by atoms with Gasteiger partial charge in [0.1, 0.15) is 17.6 Å². The Morgan fingerprint density at radius 1 is 1.28 bits per heavy atom. The number of carboxylic acid groups (broad SMARTS) is 1. The van der Waals surface area contributed by atoms with Crippen molar-refractivity contribution in [1.29, 1.82) is 0 Å². The summed E-state index contributed by atoms with van der Waals surface area (Å²) >= 11 is 0.997. The van der Waals surface area contributed by atoms with Crippen LogP contribution in [0.3, 0.4) is 0 Å². The van der Waals surface area contributed by atoms with E-state index in [1.54, 1.807) is 24.3 Å². The number of carbonyl (C=O) groups is 3. The molecule has 0 aliphatic carbocycles. The Morgan fingerprint density at radius 3 is 2.81 bits per heavy atom. The number of hydrogen-bond acceptors (Lipinski definition) is 10. The lowest BCUT2D eigenvalue weighted by Crippen LogP contribution is -2.26. The zero-order chi connectivity index (χ0) is 23.1. The molecule has 1 amide bonds. The molecule has 1 aromatic heterocycles. The van der Waals surface area contributed by atoms with Crippen molar-refractivity contribution in [1.82, 2.24) is 5.32 Å². The molecule has 1 fully saturated rings. The minimum Gasteiger partial charge on any atom is -0.493 e. The van der Waals surface area contributed by atoms with Gasteiger partial charge < -0.3 is 29.1 Å². The minimum absolute atomic E-state index is 0.00943. The van der Waals surface area contributed by atoms with Crippen LogP contribution in [0.25, 0.3) is 0 Å². The number of ether oxygens (including phenoxy) is 3. The number of amidine groups is 1. The Hall–Kier alpha value is -3.80. The lowest BCUT2D eigenvalue weighted by atomic mass is 10.2. The van der Waals surface area contributed by atoms with E-state index >= 15 is 0 Å². The first-order valence-electron chi connectivity index (χ1n) is 9.18. The van der Waals surface area contributed by atoms with Gasteiger partial charge in [-0.05, 0) is 24.3 Å². The van der Waals surface area contributed by atoms with Gasteiger partial charge in [0.05, 0.1) is 26.9 Å². The number of amides is 1. The van der Waals surface area contributed by atoms with Gasteiger partial charge in [0, 0.05) is 5.56 Å². The molecule has 1 unspecified atom stereocenters. The Morgan fingerprint density at radius 2 is 2.09 bits per heavy atom. The van der Waals surface area contributed by atoms with Gasteiger partial charge >= 0.3 is 11.9 Å². The molecule has 32 heavy (non-hydrogen) atoms. The fraction of sp³-hybridized carbons (Fsp3) is 0.250.